The highest BCUT2D eigenvalue weighted by molar-refractivity contribution is 5.89. The fourth-order valence-electron chi connectivity index (χ4n) is 5.41. The summed E-state index contributed by atoms with van der Waals surface area (Å²) in [6, 6.07) is 0. The van der Waals surface area contributed by atoms with Gasteiger partial charge in [0.05, 0.1) is 0 Å². The number of unbranched alkanes of at least 4 members (excludes halogenated alkanes) is 1. The Morgan fingerprint density at radius 1 is 1.30 bits per heavy atom. The molecular formula is C27H40N4O2. The summed E-state index contributed by atoms with van der Waals surface area (Å²) in [5.41, 5.74) is 4.78. The number of carbonyl (C=O) groups excluding carboxylic acids is 1. The number of nitrogens with one attached hydrogen (secondary N) is 1. The molecule has 6 heteroatoms. The van der Waals surface area contributed by atoms with Crippen molar-refractivity contribution in [3.63, 3.8) is 0 Å². The first-order valence-corrected chi connectivity index (χ1v) is 12.8. The molecule has 1 fully saturated rings. The highest BCUT2D eigenvalue weighted by Gasteiger charge is 2.61. The number of allylic oxidation sites excluding steroid dienone is 6. The Morgan fingerprint density at radius 2 is 2.12 bits per heavy atom. The average Bonchev–Trinajstić information content (AvgIpc) is 3.45. The summed E-state index contributed by atoms with van der Waals surface area (Å²) in [5, 5.41) is 2.99. The number of hydrogen-bond donors (Lipinski definition) is 1. The molecule has 4 aliphatic rings. The first-order valence-electron chi connectivity index (χ1n) is 12.8. The number of alkyl carbamates (subject to hydrolysis) is 1. The Labute approximate surface area is 199 Å². The minimum atomic E-state index is -0.360. The van der Waals surface area contributed by atoms with Crippen LogP contribution in [0, 0.1) is 5.92 Å². The Balaban J connectivity index is 1.33. The van der Waals surface area contributed by atoms with Crippen LogP contribution in [-0.4, -0.2) is 53.5 Å². The molecule has 0 radical (unpaired) electrons. The molecule has 0 bridgehead atoms. The van der Waals surface area contributed by atoms with E-state index >= 15 is 0 Å². The summed E-state index contributed by atoms with van der Waals surface area (Å²) >= 11 is 0. The van der Waals surface area contributed by atoms with E-state index in [1.807, 2.05) is 0 Å². The lowest BCUT2D eigenvalue weighted by Crippen LogP contribution is -2.31. The molecule has 0 aromatic heterocycles. The van der Waals surface area contributed by atoms with Gasteiger partial charge in [-0.15, -0.1) is 0 Å². The molecule has 1 heterocycles. The van der Waals surface area contributed by atoms with Crippen LogP contribution in [0.5, 0.6) is 0 Å². The molecule has 0 aromatic rings. The number of ether oxygens (including phenoxy) is 1. The summed E-state index contributed by atoms with van der Waals surface area (Å²) in [4.78, 5) is 22.5. The van der Waals surface area contributed by atoms with E-state index in [4.69, 9.17) is 9.73 Å². The number of amides is 1. The molecule has 1 spiro atoms. The fourth-order valence-corrected chi connectivity index (χ4v) is 5.41. The lowest BCUT2D eigenvalue weighted by atomic mass is 10.0. The summed E-state index contributed by atoms with van der Waals surface area (Å²) in [7, 11) is 0. The van der Waals surface area contributed by atoms with Crippen LogP contribution in [0.2, 0.25) is 0 Å². The first-order chi connectivity index (χ1) is 16.0. The normalized spacial score (nSPS) is 25.5. The number of amidine groups is 1. The van der Waals surface area contributed by atoms with E-state index in [9.17, 15) is 4.79 Å². The molecule has 180 valence electrons. The van der Waals surface area contributed by atoms with Crippen molar-refractivity contribution in [2.75, 3.05) is 26.2 Å². The lowest BCUT2D eigenvalue weighted by molar-refractivity contribution is 0.151. The van der Waals surface area contributed by atoms with Crippen molar-refractivity contribution in [2.45, 2.75) is 78.2 Å². The molecule has 1 N–H and O–H groups in total. The van der Waals surface area contributed by atoms with Gasteiger partial charge in [0.2, 0.25) is 0 Å². The monoisotopic (exact) mass is 452 g/mol. The molecule has 1 aliphatic heterocycles. The standard InChI is InChI=1S/C27H40N4O2/c1-5-8-16-31-24-12-10-9-11-21-19-27(21,24)29-25(31)15-17-33-26(32)28-23-14-13-22(18-20(23)4)30(6-2)7-3/h9,11-12,18,21H,5-8,10,13-17,19H2,1-4H3,(H,28,32). The van der Waals surface area contributed by atoms with Gasteiger partial charge < -0.3 is 14.5 Å². The van der Waals surface area contributed by atoms with Gasteiger partial charge in [-0.2, -0.15) is 0 Å². The molecule has 0 aromatic carbocycles. The second kappa shape index (κ2) is 10.2. The van der Waals surface area contributed by atoms with Crippen molar-refractivity contribution in [1.82, 2.24) is 15.1 Å². The summed E-state index contributed by atoms with van der Waals surface area (Å²) < 4.78 is 5.59. The maximum Gasteiger partial charge on any atom is 0.411 e. The highest BCUT2D eigenvalue weighted by atomic mass is 16.5. The van der Waals surface area contributed by atoms with Crippen molar-refractivity contribution in [2.24, 2.45) is 10.9 Å². The van der Waals surface area contributed by atoms with Gasteiger partial charge in [-0.05, 0) is 64.5 Å². The van der Waals surface area contributed by atoms with Gasteiger partial charge in [0.25, 0.3) is 0 Å². The predicted molar refractivity (Wildman–Crippen MR) is 134 cm³/mol. The highest BCUT2D eigenvalue weighted by Crippen LogP contribution is 2.58. The van der Waals surface area contributed by atoms with Crippen molar-refractivity contribution in [3.05, 3.63) is 47.0 Å². The average molecular weight is 453 g/mol. The molecule has 1 saturated carbocycles. The maximum absolute atomic E-state index is 12.5. The van der Waals surface area contributed by atoms with Crippen molar-refractivity contribution in [1.29, 1.82) is 0 Å². The quantitative estimate of drug-likeness (QED) is 0.444. The van der Waals surface area contributed by atoms with E-state index in [2.05, 4.69) is 67.1 Å². The number of carbonyl (C=O) groups is 1. The molecule has 1 amide bonds. The molecule has 4 rings (SSSR count). The van der Waals surface area contributed by atoms with E-state index in [1.54, 1.807) is 0 Å². The SMILES string of the molecule is CCCCN1C2=CCC=CC3CC23N=C1CCOC(=O)NC1=C(C)C=C(N(CC)CC)CC1. The summed E-state index contributed by atoms with van der Waals surface area (Å²) in [5.74, 6) is 1.62. The number of nitrogens with zero attached hydrogens (tertiary/aromatic N) is 3. The molecule has 6 nitrogen and oxygen atoms in total. The molecule has 2 unspecified atom stereocenters. The lowest BCUT2D eigenvalue weighted by Gasteiger charge is -2.28. The van der Waals surface area contributed by atoms with E-state index in [1.165, 1.54) is 11.4 Å². The van der Waals surface area contributed by atoms with Gasteiger partial charge in [0, 0.05) is 49.1 Å². The molecule has 0 saturated heterocycles. The Morgan fingerprint density at radius 3 is 2.85 bits per heavy atom. The van der Waals surface area contributed by atoms with Crippen LogP contribution in [0.4, 0.5) is 4.79 Å². The minimum Gasteiger partial charge on any atom is -0.449 e. The predicted octanol–water partition coefficient (Wildman–Crippen LogP) is 5.51. The largest absolute Gasteiger partial charge is 0.449 e. The van der Waals surface area contributed by atoms with Gasteiger partial charge in [0.1, 0.15) is 18.0 Å². The van der Waals surface area contributed by atoms with Crippen LogP contribution in [-0.2, 0) is 4.74 Å². The van der Waals surface area contributed by atoms with E-state index in [-0.39, 0.29) is 11.6 Å². The molecular weight excluding hydrogens is 412 g/mol. The molecule has 33 heavy (non-hydrogen) atoms. The van der Waals surface area contributed by atoms with Gasteiger partial charge in [0.15, 0.2) is 0 Å². The topological polar surface area (TPSA) is 57.2 Å². The van der Waals surface area contributed by atoms with Crippen molar-refractivity contribution in [3.8, 4) is 0 Å². The minimum absolute atomic E-state index is 0.0305. The second-order valence-corrected chi connectivity index (χ2v) is 9.50. The Bertz CT molecular complexity index is 909. The van der Waals surface area contributed by atoms with Crippen molar-refractivity contribution >= 4 is 11.9 Å². The second-order valence-electron chi connectivity index (χ2n) is 9.50. The van der Waals surface area contributed by atoms with Gasteiger partial charge in [-0.1, -0.05) is 31.6 Å². The van der Waals surface area contributed by atoms with Crippen LogP contribution in [0.25, 0.3) is 0 Å². The number of aliphatic imine (C=N–C) groups is 1. The summed E-state index contributed by atoms with van der Waals surface area (Å²) in [6.07, 6.45) is 15.6. The van der Waals surface area contributed by atoms with Crippen LogP contribution in [0.15, 0.2) is 52.0 Å². The van der Waals surface area contributed by atoms with Crippen molar-refractivity contribution < 1.29 is 9.53 Å². The zero-order valence-electron chi connectivity index (χ0n) is 20.8. The molecule has 2 atom stereocenters. The fraction of sp³-hybridized carbons (Fsp3) is 0.630. The first kappa shape index (κ1) is 23.7. The Hall–Kier alpha value is -2.50. The van der Waals surface area contributed by atoms with E-state index in [0.717, 1.165) is 75.3 Å². The van der Waals surface area contributed by atoms with Gasteiger partial charge in [-0.25, -0.2) is 4.79 Å². The number of rotatable bonds is 10. The van der Waals surface area contributed by atoms with E-state index in [0.29, 0.717) is 18.9 Å². The molecule has 3 aliphatic carbocycles. The smallest absolute Gasteiger partial charge is 0.411 e. The van der Waals surface area contributed by atoms with Gasteiger partial charge in [-0.3, -0.25) is 10.3 Å². The third-order valence-corrected chi connectivity index (χ3v) is 7.38. The van der Waals surface area contributed by atoms with Gasteiger partial charge >= 0.3 is 6.09 Å². The third kappa shape index (κ3) is 4.90. The zero-order chi connectivity index (χ0) is 23.4. The summed E-state index contributed by atoms with van der Waals surface area (Å²) in [6.45, 7) is 12.0. The van der Waals surface area contributed by atoms with E-state index < -0.39 is 0 Å². The van der Waals surface area contributed by atoms with Crippen LogP contribution in [0.1, 0.15) is 72.6 Å². The third-order valence-electron chi connectivity index (χ3n) is 7.38. The Kier molecular flexibility index (Phi) is 7.30. The maximum atomic E-state index is 12.5. The van der Waals surface area contributed by atoms with Crippen LogP contribution >= 0.6 is 0 Å². The number of hydrogen-bond acceptors (Lipinski definition) is 5. The van der Waals surface area contributed by atoms with Crippen LogP contribution < -0.4 is 5.32 Å². The zero-order valence-corrected chi connectivity index (χ0v) is 20.8. The van der Waals surface area contributed by atoms with Crippen LogP contribution in [0.3, 0.4) is 0 Å².